The van der Waals surface area contributed by atoms with Gasteiger partial charge < -0.3 is 5.11 Å². The monoisotopic (exact) mass is 241 g/mol. The van der Waals surface area contributed by atoms with Crippen molar-refractivity contribution in [1.82, 2.24) is 4.90 Å². The number of hydrogen-bond acceptors (Lipinski definition) is 2. The third kappa shape index (κ3) is 3.23. The molecule has 0 amide bonds. The number of alkyl halides is 2. The molecule has 0 bridgehead atoms. The van der Waals surface area contributed by atoms with Crippen LogP contribution in [0.15, 0.2) is 30.3 Å². The maximum atomic E-state index is 13.3. The summed E-state index contributed by atoms with van der Waals surface area (Å²) in [5.74, 6) is -2.62. The van der Waals surface area contributed by atoms with Crippen LogP contribution in [0.2, 0.25) is 0 Å². The van der Waals surface area contributed by atoms with E-state index in [1.54, 1.807) is 4.90 Å². The standard InChI is InChI=1S/C13H17F2NO/c14-13(15)7-6-12(9-17)16(10-13)8-11-4-2-1-3-5-11/h1-5,12,17H,6-10H2. The van der Waals surface area contributed by atoms with Gasteiger partial charge in [0.15, 0.2) is 0 Å². The van der Waals surface area contributed by atoms with Crippen LogP contribution in [0.5, 0.6) is 0 Å². The Kier molecular flexibility index (Phi) is 3.74. The molecule has 1 aromatic rings. The van der Waals surface area contributed by atoms with Gasteiger partial charge in [0.05, 0.1) is 13.2 Å². The summed E-state index contributed by atoms with van der Waals surface area (Å²) in [6, 6.07) is 9.38. The number of nitrogens with zero attached hydrogens (tertiary/aromatic N) is 1. The van der Waals surface area contributed by atoms with E-state index in [1.165, 1.54) is 0 Å². The van der Waals surface area contributed by atoms with Crippen LogP contribution >= 0.6 is 0 Å². The Morgan fingerprint density at radius 2 is 2.00 bits per heavy atom. The number of rotatable bonds is 3. The molecule has 2 nitrogen and oxygen atoms in total. The third-order valence-corrected chi connectivity index (χ3v) is 3.23. The zero-order valence-corrected chi connectivity index (χ0v) is 9.65. The lowest BCUT2D eigenvalue weighted by Gasteiger charge is -2.38. The molecule has 0 saturated carbocycles. The lowest BCUT2D eigenvalue weighted by molar-refractivity contribution is -0.0926. The van der Waals surface area contributed by atoms with Crippen molar-refractivity contribution < 1.29 is 13.9 Å². The van der Waals surface area contributed by atoms with Crippen LogP contribution in [0.1, 0.15) is 18.4 Å². The van der Waals surface area contributed by atoms with Gasteiger partial charge in [-0.05, 0) is 12.0 Å². The van der Waals surface area contributed by atoms with Gasteiger partial charge in [0, 0.05) is 19.0 Å². The molecule has 4 heteroatoms. The Balaban J connectivity index is 2.06. The number of halogens is 2. The first-order valence-electron chi connectivity index (χ1n) is 5.87. The average Bonchev–Trinajstić information content (AvgIpc) is 2.30. The fourth-order valence-corrected chi connectivity index (χ4v) is 2.28. The lowest BCUT2D eigenvalue weighted by atomic mass is 9.99. The van der Waals surface area contributed by atoms with E-state index < -0.39 is 5.92 Å². The van der Waals surface area contributed by atoms with Crippen molar-refractivity contribution in [3.63, 3.8) is 0 Å². The molecular formula is C13H17F2NO. The highest BCUT2D eigenvalue weighted by Gasteiger charge is 2.39. The Labute approximate surface area is 99.9 Å². The molecule has 0 aromatic heterocycles. The second-order valence-corrected chi connectivity index (χ2v) is 4.62. The number of hydrogen-bond donors (Lipinski definition) is 1. The highest BCUT2D eigenvalue weighted by atomic mass is 19.3. The summed E-state index contributed by atoms with van der Waals surface area (Å²) in [6.07, 6.45) is 0.236. The van der Waals surface area contributed by atoms with Crippen molar-refractivity contribution in [2.24, 2.45) is 0 Å². The summed E-state index contributed by atoms with van der Waals surface area (Å²) in [5.41, 5.74) is 1.00. The lowest BCUT2D eigenvalue weighted by Crippen LogP contribution is -2.49. The van der Waals surface area contributed by atoms with Crippen LogP contribution < -0.4 is 0 Å². The van der Waals surface area contributed by atoms with E-state index in [-0.39, 0.29) is 25.6 Å². The molecule has 1 saturated heterocycles. The summed E-state index contributed by atoms with van der Waals surface area (Å²) >= 11 is 0. The molecule has 1 aliphatic rings. The second-order valence-electron chi connectivity index (χ2n) is 4.62. The Bertz CT molecular complexity index is 356. The van der Waals surface area contributed by atoms with Crippen molar-refractivity contribution in [2.75, 3.05) is 13.2 Å². The summed E-state index contributed by atoms with van der Waals surface area (Å²) in [7, 11) is 0. The van der Waals surface area contributed by atoms with Crippen molar-refractivity contribution >= 4 is 0 Å². The molecule has 1 N–H and O–H groups in total. The molecule has 1 heterocycles. The molecule has 1 unspecified atom stereocenters. The molecule has 0 spiro atoms. The maximum Gasteiger partial charge on any atom is 0.260 e. The molecule has 1 fully saturated rings. The van der Waals surface area contributed by atoms with Crippen LogP contribution in [0.3, 0.4) is 0 Å². The fourth-order valence-electron chi connectivity index (χ4n) is 2.28. The molecular weight excluding hydrogens is 224 g/mol. The minimum Gasteiger partial charge on any atom is -0.395 e. The van der Waals surface area contributed by atoms with Crippen molar-refractivity contribution in [3.05, 3.63) is 35.9 Å². The first kappa shape index (κ1) is 12.5. The van der Waals surface area contributed by atoms with Gasteiger partial charge in [-0.2, -0.15) is 0 Å². The zero-order chi connectivity index (χ0) is 12.3. The summed E-state index contributed by atoms with van der Waals surface area (Å²) in [6.45, 7) is 0.164. The van der Waals surface area contributed by atoms with Crippen molar-refractivity contribution in [2.45, 2.75) is 31.4 Å². The van der Waals surface area contributed by atoms with Crippen LogP contribution in [0, 0.1) is 0 Å². The van der Waals surface area contributed by atoms with Gasteiger partial charge in [0.25, 0.3) is 5.92 Å². The van der Waals surface area contributed by atoms with Gasteiger partial charge in [-0.25, -0.2) is 8.78 Å². The maximum absolute atomic E-state index is 13.3. The van der Waals surface area contributed by atoms with Gasteiger partial charge >= 0.3 is 0 Å². The molecule has 1 aliphatic heterocycles. The second kappa shape index (κ2) is 5.10. The average molecular weight is 241 g/mol. The SMILES string of the molecule is OCC1CCC(F)(F)CN1Cc1ccccc1. The van der Waals surface area contributed by atoms with Crippen LogP contribution in [-0.4, -0.2) is 35.1 Å². The molecule has 17 heavy (non-hydrogen) atoms. The minimum absolute atomic E-state index is 0.0527. The Hall–Kier alpha value is -1.00. The smallest absolute Gasteiger partial charge is 0.260 e. The molecule has 1 aromatic carbocycles. The van der Waals surface area contributed by atoms with Crippen LogP contribution in [0.4, 0.5) is 8.78 Å². The van der Waals surface area contributed by atoms with E-state index in [2.05, 4.69) is 0 Å². The van der Waals surface area contributed by atoms with Crippen molar-refractivity contribution in [3.8, 4) is 0 Å². The van der Waals surface area contributed by atoms with E-state index in [4.69, 9.17) is 0 Å². The molecule has 2 rings (SSSR count). The predicted molar refractivity (Wildman–Crippen MR) is 61.9 cm³/mol. The molecule has 94 valence electrons. The first-order chi connectivity index (χ1) is 8.11. The Morgan fingerprint density at radius 3 is 2.65 bits per heavy atom. The van der Waals surface area contributed by atoms with Crippen LogP contribution in [-0.2, 0) is 6.54 Å². The quantitative estimate of drug-likeness (QED) is 0.877. The summed E-state index contributed by atoms with van der Waals surface area (Å²) < 4.78 is 26.7. The van der Waals surface area contributed by atoms with Gasteiger partial charge in [-0.1, -0.05) is 30.3 Å². The van der Waals surface area contributed by atoms with Gasteiger partial charge in [0.1, 0.15) is 0 Å². The summed E-state index contributed by atoms with van der Waals surface area (Å²) in [5, 5.41) is 9.22. The normalized spacial score (nSPS) is 24.8. The number of benzene rings is 1. The summed E-state index contributed by atoms with van der Waals surface area (Å²) in [4.78, 5) is 1.68. The number of piperidine rings is 1. The number of likely N-dealkylation sites (tertiary alicyclic amines) is 1. The van der Waals surface area contributed by atoms with Gasteiger partial charge in [-0.15, -0.1) is 0 Å². The van der Waals surface area contributed by atoms with E-state index in [0.717, 1.165) is 5.56 Å². The topological polar surface area (TPSA) is 23.5 Å². The van der Waals surface area contributed by atoms with Gasteiger partial charge in [0.2, 0.25) is 0 Å². The highest BCUT2D eigenvalue weighted by Crippen LogP contribution is 2.30. The highest BCUT2D eigenvalue weighted by molar-refractivity contribution is 5.14. The van der Waals surface area contributed by atoms with Crippen molar-refractivity contribution in [1.29, 1.82) is 0 Å². The fraction of sp³-hybridized carbons (Fsp3) is 0.538. The predicted octanol–water partition coefficient (Wildman–Crippen LogP) is 2.28. The van der Waals surface area contributed by atoms with E-state index >= 15 is 0 Å². The number of aliphatic hydroxyl groups excluding tert-OH is 1. The number of aliphatic hydroxyl groups is 1. The van der Waals surface area contributed by atoms with E-state index in [9.17, 15) is 13.9 Å². The van der Waals surface area contributed by atoms with E-state index in [0.29, 0.717) is 13.0 Å². The van der Waals surface area contributed by atoms with E-state index in [1.807, 2.05) is 30.3 Å². The molecule has 0 radical (unpaired) electrons. The Morgan fingerprint density at radius 1 is 1.29 bits per heavy atom. The van der Waals surface area contributed by atoms with Gasteiger partial charge in [-0.3, -0.25) is 4.90 Å². The minimum atomic E-state index is -2.62. The zero-order valence-electron chi connectivity index (χ0n) is 9.65. The molecule has 0 aliphatic carbocycles. The first-order valence-corrected chi connectivity index (χ1v) is 5.87. The largest absolute Gasteiger partial charge is 0.395 e. The molecule has 1 atom stereocenters. The van der Waals surface area contributed by atoms with Crippen LogP contribution in [0.25, 0.3) is 0 Å². The third-order valence-electron chi connectivity index (χ3n) is 3.23.